The highest BCUT2D eigenvalue weighted by molar-refractivity contribution is 6.31. The third kappa shape index (κ3) is 2.67. The van der Waals surface area contributed by atoms with E-state index in [9.17, 15) is 4.79 Å². The van der Waals surface area contributed by atoms with Crippen LogP contribution in [0.3, 0.4) is 0 Å². The van der Waals surface area contributed by atoms with Gasteiger partial charge in [0.05, 0.1) is 10.9 Å². The van der Waals surface area contributed by atoms with Gasteiger partial charge in [-0.15, -0.1) is 0 Å². The molecule has 0 radical (unpaired) electrons. The minimum Gasteiger partial charge on any atom is -0.305 e. The summed E-state index contributed by atoms with van der Waals surface area (Å²) >= 11 is 5.97. The second-order valence-corrected chi connectivity index (χ2v) is 5.52. The second-order valence-electron chi connectivity index (χ2n) is 5.08. The Morgan fingerprint density at radius 3 is 2.90 bits per heavy atom. The molecular weight excluding hydrogens is 286 g/mol. The van der Waals surface area contributed by atoms with Gasteiger partial charge in [-0.2, -0.15) is 4.57 Å². The molecule has 21 heavy (non-hydrogen) atoms. The Labute approximate surface area is 127 Å². The molecule has 0 unspecified atom stereocenters. The molecule has 2 heterocycles. The number of pyridine rings is 1. The maximum Gasteiger partial charge on any atom is 0.258 e. The number of rotatable bonds is 2. The molecule has 0 fully saturated rings. The van der Waals surface area contributed by atoms with Crippen molar-refractivity contribution in [3.63, 3.8) is 0 Å². The normalized spacial score (nSPS) is 11.0. The molecule has 0 bridgehead atoms. The van der Waals surface area contributed by atoms with E-state index < -0.39 is 0 Å². The summed E-state index contributed by atoms with van der Waals surface area (Å²) in [5.41, 5.74) is 2.82. The number of halogens is 1. The first-order valence-corrected chi connectivity index (χ1v) is 7.06. The lowest BCUT2D eigenvalue weighted by Gasteiger charge is -2.04. The Balaban J connectivity index is 2.09. The predicted molar refractivity (Wildman–Crippen MR) is 82.6 cm³/mol. The molecular formula is C16H15ClN3O+. The Bertz CT molecular complexity index is 886. The van der Waals surface area contributed by atoms with Crippen molar-refractivity contribution in [1.82, 2.24) is 9.97 Å². The molecule has 0 aliphatic rings. The molecule has 0 saturated heterocycles. The maximum absolute atomic E-state index is 12.1. The van der Waals surface area contributed by atoms with E-state index in [1.54, 1.807) is 18.2 Å². The van der Waals surface area contributed by atoms with Gasteiger partial charge in [0, 0.05) is 23.6 Å². The molecule has 4 nitrogen and oxygen atoms in total. The number of hydrogen-bond acceptors (Lipinski definition) is 2. The Kier molecular flexibility index (Phi) is 3.47. The van der Waals surface area contributed by atoms with Crippen LogP contribution in [0.1, 0.15) is 17.1 Å². The predicted octanol–water partition coefficient (Wildman–Crippen LogP) is 2.53. The van der Waals surface area contributed by atoms with E-state index >= 15 is 0 Å². The van der Waals surface area contributed by atoms with Crippen LogP contribution in [0.25, 0.3) is 10.9 Å². The quantitative estimate of drug-likeness (QED) is 0.739. The summed E-state index contributed by atoms with van der Waals surface area (Å²) in [4.78, 5) is 19.4. The highest BCUT2D eigenvalue weighted by Crippen LogP contribution is 2.14. The van der Waals surface area contributed by atoms with Crippen LogP contribution in [0.2, 0.25) is 5.02 Å². The van der Waals surface area contributed by atoms with E-state index in [0.717, 1.165) is 5.69 Å². The van der Waals surface area contributed by atoms with Gasteiger partial charge in [0.1, 0.15) is 0 Å². The number of H-pyrrole nitrogens is 1. The monoisotopic (exact) mass is 300 g/mol. The summed E-state index contributed by atoms with van der Waals surface area (Å²) in [6, 6.07) is 9.14. The molecule has 0 atom stereocenters. The molecule has 3 aromatic rings. The van der Waals surface area contributed by atoms with Gasteiger partial charge in [-0.25, -0.2) is 4.98 Å². The summed E-state index contributed by atoms with van der Waals surface area (Å²) in [5, 5.41) is 1.13. The summed E-state index contributed by atoms with van der Waals surface area (Å²) in [6.45, 7) is 4.62. The molecule has 3 rings (SSSR count). The number of fused-ring (bicyclic) bond motifs is 1. The first-order chi connectivity index (χ1) is 10.0. The number of aryl methyl sites for hydroxylation is 1. The van der Waals surface area contributed by atoms with Crippen molar-refractivity contribution in [3.05, 3.63) is 69.0 Å². The van der Waals surface area contributed by atoms with Gasteiger partial charge in [0.15, 0.2) is 17.7 Å². The third-order valence-electron chi connectivity index (χ3n) is 3.65. The topological polar surface area (TPSA) is 49.6 Å². The van der Waals surface area contributed by atoms with Crippen LogP contribution in [0.15, 0.2) is 41.3 Å². The number of aromatic amines is 1. The maximum atomic E-state index is 12.1. The fourth-order valence-corrected chi connectivity index (χ4v) is 2.49. The fourth-order valence-electron chi connectivity index (χ4n) is 2.32. The van der Waals surface area contributed by atoms with Crippen molar-refractivity contribution in [1.29, 1.82) is 0 Å². The zero-order chi connectivity index (χ0) is 15.0. The Hall–Kier alpha value is -2.20. The van der Waals surface area contributed by atoms with Crippen molar-refractivity contribution in [2.24, 2.45) is 0 Å². The van der Waals surface area contributed by atoms with Crippen LogP contribution in [0.4, 0.5) is 0 Å². The zero-order valence-corrected chi connectivity index (χ0v) is 12.6. The minimum absolute atomic E-state index is 0.141. The number of hydrogen-bond donors (Lipinski definition) is 1. The number of benzene rings is 1. The van der Waals surface area contributed by atoms with E-state index in [1.165, 1.54) is 5.56 Å². The molecule has 1 N–H and O–H groups in total. The molecule has 0 aliphatic heterocycles. The van der Waals surface area contributed by atoms with Gasteiger partial charge in [-0.1, -0.05) is 11.6 Å². The number of aromatic nitrogens is 3. The molecule has 0 aliphatic carbocycles. The average molecular weight is 301 g/mol. The van der Waals surface area contributed by atoms with E-state index in [-0.39, 0.29) is 5.56 Å². The lowest BCUT2D eigenvalue weighted by molar-refractivity contribution is -0.695. The summed E-state index contributed by atoms with van der Waals surface area (Å²) in [6.07, 6.45) is 1.98. The highest BCUT2D eigenvalue weighted by Gasteiger charge is 2.12. The average Bonchev–Trinajstić information content (AvgIpc) is 2.43. The molecule has 5 heteroatoms. The Morgan fingerprint density at radius 1 is 1.29 bits per heavy atom. The van der Waals surface area contributed by atoms with Crippen LogP contribution >= 0.6 is 11.6 Å². The van der Waals surface area contributed by atoms with E-state index in [1.807, 2.05) is 19.2 Å². The van der Waals surface area contributed by atoms with Gasteiger partial charge >= 0.3 is 0 Å². The molecule has 0 amide bonds. The highest BCUT2D eigenvalue weighted by atomic mass is 35.5. The van der Waals surface area contributed by atoms with Crippen molar-refractivity contribution in [3.8, 4) is 0 Å². The van der Waals surface area contributed by atoms with E-state index in [0.29, 0.717) is 28.3 Å². The number of nitrogens with zero attached hydrogens (tertiary/aromatic N) is 2. The first-order valence-electron chi connectivity index (χ1n) is 6.69. The second kappa shape index (κ2) is 5.30. The molecule has 1 aromatic carbocycles. The SMILES string of the molecule is Cc1ccc[n+](Cc2nc3cc(Cl)ccc3c(=O)[nH]2)c1C. The Morgan fingerprint density at radius 2 is 2.10 bits per heavy atom. The van der Waals surface area contributed by atoms with Gasteiger partial charge in [0.2, 0.25) is 6.54 Å². The van der Waals surface area contributed by atoms with E-state index in [4.69, 9.17) is 11.6 Å². The van der Waals surface area contributed by atoms with Crippen molar-refractivity contribution in [2.45, 2.75) is 20.4 Å². The lowest BCUT2D eigenvalue weighted by Crippen LogP contribution is -2.39. The first kappa shape index (κ1) is 13.8. The van der Waals surface area contributed by atoms with Gasteiger partial charge in [0.25, 0.3) is 5.56 Å². The van der Waals surface area contributed by atoms with E-state index in [2.05, 4.69) is 27.5 Å². The van der Waals surface area contributed by atoms with Gasteiger partial charge in [-0.05, 0) is 31.2 Å². The van der Waals surface area contributed by atoms with Crippen LogP contribution < -0.4 is 10.1 Å². The lowest BCUT2D eigenvalue weighted by atomic mass is 10.2. The molecule has 0 spiro atoms. The minimum atomic E-state index is -0.141. The summed E-state index contributed by atoms with van der Waals surface area (Å²) < 4.78 is 2.06. The zero-order valence-electron chi connectivity index (χ0n) is 11.9. The summed E-state index contributed by atoms with van der Waals surface area (Å²) in [7, 11) is 0. The van der Waals surface area contributed by atoms with Crippen LogP contribution in [0, 0.1) is 13.8 Å². The van der Waals surface area contributed by atoms with Crippen molar-refractivity contribution in [2.75, 3.05) is 0 Å². The summed E-state index contributed by atoms with van der Waals surface area (Å²) in [5.74, 6) is 0.619. The fraction of sp³-hybridized carbons (Fsp3) is 0.188. The van der Waals surface area contributed by atoms with Crippen LogP contribution in [-0.2, 0) is 6.54 Å². The van der Waals surface area contributed by atoms with Crippen molar-refractivity contribution >= 4 is 22.5 Å². The standard InChI is InChI=1S/C16H14ClN3O/c1-10-4-3-7-20(11(10)2)9-15-18-14-8-12(17)5-6-13(14)16(21)19-15/h3-8H,9H2,1-2H3/p+1. The largest absolute Gasteiger partial charge is 0.305 e. The molecule has 106 valence electrons. The molecule has 0 saturated carbocycles. The third-order valence-corrected chi connectivity index (χ3v) is 3.89. The molecule has 2 aromatic heterocycles. The van der Waals surface area contributed by atoms with Crippen LogP contribution in [0.5, 0.6) is 0 Å². The van der Waals surface area contributed by atoms with Gasteiger partial charge in [-0.3, -0.25) is 4.79 Å². The smallest absolute Gasteiger partial charge is 0.258 e. The van der Waals surface area contributed by atoms with Crippen molar-refractivity contribution < 1.29 is 4.57 Å². The van der Waals surface area contributed by atoms with Gasteiger partial charge < -0.3 is 4.98 Å². The number of nitrogens with one attached hydrogen (secondary N) is 1. The van der Waals surface area contributed by atoms with Crippen LogP contribution in [-0.4, -0.2) is 9.97 Å².